The van der Waals surface area contributed by atoms with Gasteiger partial charge in [0, 0.05) is 0 Å². The van der Waals surface area contributed by atoms with Gasteiger partial charge in [0.1, 0.15) is 12.0 Å². The van der Waals surface area contributed by atoms with Crippen LogP contribution < -0.4 is 0 Å². The van der Waals surface area contributed by atoms with Gasteiger partial charge in [-0.2, -0.15) is 5.26 Å². The van der Waals surface area contributed by atoms with Crippen LogP contribution in [0.3, 0.4) is 0 Å². The second-order valence-electron chi connectivity index (χ2n) is 4.03. The lowest BCUT2D eigenvalue weighted by Gasteiger charge is -2.24. The molecular weight excluding hydrogens is 178 g/mol. The Hall–Kier alpha value is -1.04. The van der Waals surface area contributed by atoms with Crippen molar-refractivity contribution in [3.05, 3.63) is 0 Å². The van der Waals surface area contributed by atoms with Gasteiger partial charge in [-0.3, -0.25) is 4.79 Å². The smallest absolute Gasteiger partial charge is 0.320 e. The molecule has 0 rings (SSSR count). The fourth-order valence-corrected chi connectivity index (χ4v) is 1.26. The van der Waals surface area contributed by atoms with Crippen LogP contribution in [0.5, 0.6) is 0 Å². The number of unbranched alkanes of at least 4 members (excludes halogenated alkanes) is 2. The second kappa shape index (κ2) is 6.42. The summed E-state index contributed by atoms with van der Waals surface area (Å²) in [5, 5.41) is 8.30. The number of carbonyl (C=O) groups excluding carboxylic acids is 1. The van der Waals surface area contributed by atoms with E-state index in [-0.39, 0.29) is 6.42 Å². The number of esters is 1. The Bertz CT molecular complexity index is 216. The van der Waals surface area contributed by atoms with Crippen LogP contribution in [-0.2, 0) is 9.53 Å². The van der Waals surface area contributed by atoms with Gasteiger partial charge >= 0.3 is 5.97 Å². The molecule has 3 nitrogen and oxygen atoms in total. The van der Waals surface area contributed by atoms with Crippen molar-refractivity contribution in [2.45, 2.75) is 58.5 Å². The normalized spacial score (nSPS) is 10.7. The highest BCUT2D eigenvalue weighted by atomic mass is 16.6. The van der Waals surface area contributed by atoms with Crippen LogP contribution in [-0.4, -0.2) is 11.6 Å². The van der Waals surface area contributed by atoms with Crippen LogP contribution in [0.25, 0.3) is 0 Å². The lowest BCUT2D eigenvalue weighted by Crippen LogP contribution is -2.27. The average molecular weight is 197 g/mol. The third-order valence-electron chi connectivity index (χ3n) is 2.00. The topological polar surface area (TPSA) is 50.1 Å². The van der Waals surface area contributed by atoms with Crippen LogP contribution in [0, 0.1) is 11.3 Å². The first kappa shape index (κ1) is 13.0. The van der Waals surface area contributed by atoms with E-state index in [9.17, 15) is 4.79 Å². The largest absolute Gasteiger partial charge is 0.459 e. The lowest BCUT2D eigenvalue weighted by atomic mass is 10.0. The van der Waals surface area contributed by atoms with Gasteiger partial charge in [-0.1, -0.05) is 19.8 Å². The fraction of sp³-hybridized carbons (Fsp3) is 0.818. The zero-order chi connectivity index (χ0) is 11.0. The molecule has 0 aliphatic carbocycles. The quantitative estimate of drug-likeness (QED) is 0.486. The van der Waals surface area contributed by atoms with Crippen LogP contribution >= 0.6 is 0 Å². The minimum Gasteiger partial charge on any atom is -0.459 e. The summed E-state index contributed by atoms with van der Waals surface area (Å²) in [4.78, 5) is 11.0. The van der Waals surface area contributed by atoms with E-state index in [1.165, 1.54) is 0 Å². The molecule has 0 unspecified atom stereocenters. The fourth-order valence-electron chi connectivity index (χ4n) is 1.26. The molecule has 3 heteroatoms. The van der Waals surface area contributed by atoms with Crippen molar-refractivity contribution in [3.63, 3.8) is 0 Å². The molecule has 0 spiro atoms. The Labute approximate surface area is 86.1 Å². The van der Waals surface area contributed by atoms with Gasteiger partial charge < -0.3 is 4.74 Å². The molecule has 0 N–H and O–H groups in total. The number of nitriles is 1. The molecule has 0 saturated heterocycles. The van der Waals surface area contributed by atoms with Gasteiger partial charge in [0.25, 0.3) is 0 Å². The molecule has 0 atom stereocenters. The zero-order valence-electron chi connectivity index (χ0n) is 9.30. The molecule has 0 heterocycles. The number of ether oxygens (including phenoxy) is 1. The number of hydrogen-bond acceptors (Lipinski definition) is 3. The highest BCUT2D eigenvalue weighted by molar-refractivity contribution is 5.72. The first-order chi connectivity index (χ1) is 6.52. The van der Waals surface area contributed by atoms with E-state index >= 15 is 0 Å². The van der Waals surface area contributed by atoms with Crippen molar-refractivity contribution in [2.75, 3.05) is 0 Å². The lowest BCUT2D eigenvalue weighted by molar-refractivity contribution is -0.155. The van der Waals surface area contributed by atoms with Crippen molar-refractivity contribution in [1.29, 1.82) is 5.26 Å². The molecule has 0 fully saturated rings. The summed E-state index contributed by atoms with van der Waals surface area (Å²) < 4.78 is 5.16. The molecule has 0 bridgehead atoms. The summed E-state index contributed by atoms with van der Waals surface area (Å²) >= 11 is 0. The predicted molar refractivity (Wildman–Crippen MR) is 54.5 cm³/mol. The van der Waals surface area contributed by atoms with E-state index in [2.05, 4.69) is 6.92 Å². The Balaban J connectivity index is 3.82. The second-order valence-corrected chi connectivity index (χ2v) is 4.03. The van der Waals surface area contributed by atoms with E-state index < -0.39 is 11.6 Å². The Kier molecular flexibility index (Phi) is 5.94. The monoisotopic (exact) mass is 197 g/mol. The number of hydrogen-bond donors (Lipinski definition) is 0. The molecule has 0 radical (unpaired) electrons. The summed E-state index contributed by atoms with van der Waals surface area (Å²) in [6.07, 6.45) is 4.07. The van der Waals surface area contributed by atoms with Crippen molar-refractivity contribution < 1.29 is 9.53 Å². The molecule has 0 aliphatic heterocycles. The highest BCUT2D eigenvalue weighted by Gasteiger charge is 2.21. The van der Waals surface area contributed by atoms with Crippen LogP contribution in [0.15, 0.2) is 0 Å². The molecule has 14 heavy (non-hydrogen) atoms. The first-order valence-corrected chi connectivity index (χ1v) is 5.10. The van der Waals surface area contributed by atoms with Crippen molar-refractivity contribution in [3.8, 4) is 6.07 Å². The summed E-state index contributed by atoms with van der Waals surface area (Å²) in [5.74, 6) is -0.422. The van der Waals surface area contributed by atoms with Crippen LogP contribution in [0.1, 0.15) is 52.9 Å². The predicted octanol–water partition coefficient (Wildman–Crippen LogP) is 2.80. The van der Waals surface area contributed by atoms with Crippen molar-refractivity contribution in [1.82, 2.24) is 0 Å². The maximum atomic E-state index is 11.0. The minimum absolute atomic E-state index is 0.156. The Morgan fingerprint density at radius 3 is 2.57 bits per heavy atom. The van der Waals surface area contributed by atoms with Gasteiger partial charge in [0.2, 0.25) is 0 Å². The van der Waals surface area contributed by atoms with E-state index in [1.807, 2.05) is 13.8 Å². The summed E-state index contributed by atoms with van der Waals surface area (Å²) in [6.45, 7) is 5.91. The third kappa shape index (κ3) is 6.47. The molecule has 0 aromatic rings. The number of carbonyl (C=O) groups is 1. The maximum Gasteiger partial charge on any atom is 0.320 e. The maximum absolute atomic E-state index is 11.0. The minimum atomic E-state index is -0.427. The highest BCUT2D eigenvalue weighted by Crippen LogP contribution is 2.19. The molecule has 0 aromatic heterocycles. The van der Waals surface area contributed by atoms with Crippen molar-refractivity contribution in [2.24, 2.45) is 0 Å². The molecular formula is C11H19NO2. The zero-order valence-corrected chi connectivity index (χ0v) is 9.30. The van der Waals surface area contributed by atoms with E-state index in [4.69, 9.17) is 10.00 Å². The Morgan fingerprint density at radius 1 is 1.43 bits per heavy atom. The molecule has 0 amide bonds. The molecule has 80 valence electrons. The van der Waals surface area contributed by atoms with Crippen molar-refractivity contribution >= 4 is 5.97 Å². The summed E-state index contributed by atoms with van der Waals surface area (Å²) in [6, 6.07) is 1.78. The van der Waals surface area contributed by atoms with Gasteiger partial charge in [-0.25, -0.2) is 0 Å². The van der Waals surface area contributed by atoms with Gasteiger partial charge in [-0.15, -0.1) is 0 Å². The van der Waals surface area contributed by atoms with Crippen LogP contribution in [0.4, 0.5) is 0 Å². The first-order valence-electron chi connectivity index (χ1n) is 5.10. The number of rotatable bonds is 6. The molecule has 0 aliphatic rings. The standard InChI is InChI=1S/C11H19NO2/c1-4-5-6-8-11(2,3)14-10(13)7-9-12/h4-8H2,1-3H3. The number of nitrogens with zero attached hydrogens (tertiary/aromatic N) is 1. The summed E-state index contributed by atoms with van der Waals surface area (Å²) in [7, 11) is 0. The molecule has 0 aromatic carbocycles. The Morgan fingerprint density at radius 2 is 2.07 bits per heavy atom. The van der Waals surface area contributed by atoms with E-state index in [1.54, 1.807) is 6.07 Å². The van der Waals surface area contributed by atoms with E-state index in [0.29, 0.717) is 0 Å². The van der Waals surface area contributed by atoms with E-state index in [0.717, 1.165) is 25.7 Å². The average Bonchev–Trinajstić information content (AvgIpc) is 2.03. The molecule has 0 saturated carbocycles. The third-order valence-corrected chi connectivity index (χ3v) is 2.00. The van der Waals surface area contributed by atoms with Gasteiger partial charge in [-0.05, 0) is 26.7 Å². The van der Waals surface area contributed by atoms with Gasteiger partial charge in [0.05, 0.1) is 6.07 Å². The van der Waals surface area contributed by atoms with Crippen LogP contribution in [0.2, 0.25) is 0 Å². The SMILES string of the molecule is CCCCCC(C)(C)OC(=O)CC#N. The summed E-state index contributed by atoms with van der Waals surface area (Å²) in [5.41, 5.74) is -0.427. The van der Waals surface area contributed by atoms with Gasteiger partial charge in [0.15, 0.2) is 0 Å².